The normalized spacial score (nSPS) is 17.1. The molecule has 1 aliphatic rings. The summed E-state index contributed by atoms with van der Waals surface area (Å²) in [7, 11) is 0. The van der Waals surface area contributed by atoms with Gasteiger partial charge in [-0.2, -0.15) is 0 Å². The molecule has 0 aromatic heterocycles. The summed E-state index contributed by atoms with van der Waals surface area (Å²) in [6.07, 6.45) is 3.00. The molecule has 22 heavy (non-hydrogen) atoms. The summed E-state index contributed by atoms with van der Waals surface area (Å²) in [5.41, 5.74) is 1.80. The van der Waals surface area contributed by atoms with Crippen molar-refractivity contribution in [2.75, 3.05) is 11.4 Å². The van der Waals surface area contributed by atoms with Crippen molar-refractivity contribution >= 4 is 17.6 Å². The van der Waals surface area contributed by atoms with Crippen LogP contribution in [0.15, 0.2) is 18.2 Å². The Hall–Kier alpha value is -2.04. The van der Waals surface area contributed by atoms with E-state index in [9.17, 15) is 9.59 Å². The summed E-state index contributed by atoms with van der Waals surface area (Å²) in [5.74, 6) is -0.691. The molecule has 1 unspecified atom stereocenters. The fourth-order valence-electron chi connectivity index (χ4n) is 2.65. The lowest BCUT2D eigenvalue weighted by Gasteiger charge is -2.34. The molecule has 0 bridgehead atoms. The molecule has 0 radical (unpaired) electrons. The molecule has 1 aromatic carbocycles. The van der Waals surface area contributed by atoms with Gasteiger partial charge in [0.2, 0.25) is 0 Å². The molecular formula is C17H23NO4. The molecule has 1 atom stereocenters. The number of fused-ring (bicyclic) bond motifs is 1. The van der Waals surface area contributed by atoms with Gasteiger partial charge in [-0.15, -0.1) is 0 Å². The standard InChI is InChI=1S/C17H23NO4/c1-3-4-5-6-9-18-13-10-12(2)7-8-14(13)22-15(17(18)21)11-16(19)20/h7-8,10,15H,3-6,9,11H2,1-2H3,(H,19,20). The van der Waals surface area contributed by atoms with Gasteiger partial charge >= 0.3 is 5.97 Å². The molecule has 5 heteroatoms. The maximum Gasteiger partial charge on any atom is 0.307 e. The molecule has 1 amide bonds. The summed E-state index contributed by atoms with van der Waals surface area (Å²) in [6, 6.07) is 5.64. The molecular weight excluding hydrogens is 282 g/mol. The number of aryl methyl sites for hydroxylation is 1. The van der Waals surface area contributed by atoms with Crippen molar-refractivity contribution < 1.29 is 19.4 Å². The van der Waals surface area contributed by atoms with Crippen LogP contribution in [0.4, 0.5) is 5.69 Å². The molecule has 0 saturated heterocycles. The SMILES string of the molecule is CCCCCCN1C(=O)C(CC(=O)O)Oc2ccc(C)cc21. The smallest absolute Gasteiger partial charge is 0.307 e. The minimum absolute atomic E-state index is 0.253. The third kappa shape index (κ3) is 3.78. The van der Waals surface area contributed by atoms with Crippen LogP contribution in [0.5, 0.6) is 5.75 Å². The van der Waals surface area contributed by atoms with E-state index in [-0.39, 0.29) is 12.3 Å². The maximum absolute atomic E-state index is 12.5. The summed E-state index contributed by atoms with van der Waals surface area (Å²) < 4.78 is 5.60. The van der Waals surface area contributed by atoms with Crippen LogP contribution >= 0.6 is 0 Å². The topological polar surface area (TPSA) is 66.8 Å². The van der Waals surface area contributed by atoms with Crippen LogP contribution in [0.3, 0.4) is 0 Å². The zero-order chi connectivity index (χ0) is 16.1. The van der Waals surface area contributed by atoms with Crippen LogP contribution in [-0.2, 0) is 9.59 Å². The van der Waals surface area contributed by atoms with Gasteiger partial charge < -0.3 is 14.7 Å². The van der Waals surface area contributed by atoms with E-state index in [2.05, 4.69) is 6.92 Å². The van der Waals surface area contributed by atoms with Gasteiger partial charge in [-0.05, 0) is 31.0 Å². The van der Waals surface area contributed by atoms with Crippen LogP contribution in [0.25, 0.3) is 0 Å². The van der Waals surface area contributed by atoms with Crippen molar-refractivity contribution in [3.05, 3.63) is 23.8 Å². The Bertz CT molecular complexity index is 556. The van der Waals surface area contributed by atoms with Crippen LogP contribution in [-0.4, -0.2) is 29.6 Å². The van der Waals surface area contributed by atoms with Gasteiger partial charge in [-0.3, -0.25) is 9.59 Å². The first-order valence-electron chi connectivity index (χ1n) is 7.83. The van der Waals surface area contributed by atoms with Crippen LogP contribution in [0, 0.1) is 6.92 Å². The number of hydrogen-bond donors (Lipinski definition) is 1. The average molecular weight is 305 g/mol. The average Bonchev–Trinajstić information content (AvgIpc) is 2.46. The first-order chi connectivity index (χ1) is 10.5. The maximum atomic E-state index is 12.5. The van der Waals surface area contributed by atoms with E-state index >= 15 is 0 Å². The molecule has 0 spiro atoms. The molecule has 1 heterocycles. The quantitative estimate of drug-likeness (QED) is 0.786. The number of carboxylic acids is 1. The monoisotopic (exact) mass is 305 g/mol. The number of unbranched alkanes of at least 4 members (excludes halogenated alkanes) is 3. The highest BCUT2D eigenvalue weighted by molar-refractivity contribution is 6.01. The van der Waals surface area contributed by atoms with Gasteiger partial charge in [0.25, 0.3) is 5.91 Å². The first-order valence-corrected chi connectivity index (χ1v) is 7.83. The number of carboxylic acid groups (broad SMARTS) is 1. The van der Waals surface area contributed by atoms with Crippen molar-refractivity contribution in [3.8, 4) is 5.75 Å². The minimum Gasteiger partial charge on any atom is -0.481 e. The molecule has 1 aromatic rings. The predicted octanol–water partition coefficient (Wildman–Crippen LogP) is 3.14. The number of amides is 1. The fourth-order valence-corrected chi connectivity index (χ4v) is 2.65. The zero-order valence-electron chi connectivity index (χ0n) is 13.2. The van der Waals surface area contributed by atoms with Gasteiger partial charge in [0.15, 0.2) is 6.10 Å². The Labute approximate surface area is 130 Å². The third-order valence-corrected chi connectivity index (χ3v) is 3.81. The highest BCUT2D eigenvalue weighted by atomic mass is 16.5. The largest absolute Gasteiger partial charge is 0.481 e. The van der Waals surface area contributed by atoms with Crippen molar-refractivity contribution in [3.63, 3.8) is 0 Å². The highest BCUT2D eigenvalue weighted by Crippen LogP contribution is 2.35. The van der Waals surface area contributed by atoms with Crippen LogP contribution in [0.2, 0.25) is 0 Å². The lowest BCUT2D eigenvalue weighted by molar-refractivity contribution is -0.142. The third-order valence-electron chi connectivity index (χ3n) is 3.81. The zero-order valence-corrected chi connectivity index (χ0v) is 13.2. The molecule has 0 fully saturated rings. The summed E-state index contributed by atoms with van der Waals surface area (Å²) in [5, 5.41) is 8.96. The Balaban J connectivity index is 2.21. The van der Waals surface area contributed by atoms with Gasteiger partial charge in [-0.25, -0.2) is 0 Å². The lowest BCUT2D eigenvalue weighted by atomic mass is 10.1. The number of ether oxygens (including phenoxy) is 1. The molecule has 120 valence electrons. The first kappa shape index (κ1) is 16.3. The van der Waals surface area contributed by atoms with E-state index in [0.717, 1.165) is 36.9 Å². The van der Waals surface area contributed by atoms with Crippen molar-refractivity contribution in [1.29, 1.82) is 0 Å². The lowest BCUT2D eigenvalue weighted by Crippen LogP contribution is -2.47. The van der Waals surface area contributed by atoms with E-state index in [4.69, 9.17) is 9.84 Å². The van der Waals surface area contributed by atoms with Gasteiger partial charge in [0.05, 0.1) is 12.1 Å². The van der Waals surface area contributed by atoms with Crippen molar-refractivity contribution in [1.82, 2.24) is 0 Å². The van der Waals surface area contributed by atoms with E-state index in [1.807, 2.05) is 25.1 Å². The fraction of sp³-hybridized carbons (Fsp3) is 0.529. The van der Waals surface area contributed by atoms with Gasteiger partial charge in [0, 0.05) is 6.54 Å². The van der Waals surface area contributed by atoms with Crippen molar-refractivity contribution in [2.45, 2.75) is 52.1 Å². The number of carbonyl (C=O) groups is 2. The van der Waals surface area contributed by atoms with E-state index in [0.29, 0.717) is 12.3 Å². The second kappa shape index (κ2) is 7.29. The van der Waals surface area contributed by atoms with E-state index in [1.54, 1.807) is 4.90 Å². The molecule has 0 saturated carbocycles. The summed E-state index contributed by atoms with van der Waals surface area (Å²) in [4.78, 5) is 25.2. The van der Waals surface area contributed by atoms with Gasteiger partial charge in [0.1, 0.15) is 5.75 Å². The molecule has 0 aliphatic carbocycles. The molecule has 1 N–H and O–H groups in total. The van der Waals surface area contributed by atoms with Crippen LogP contribution < -0.4 is 9.64 Å². The number of aliphatic carboxylic acids is 1. The molecule has 5 nitrogen and oxygen atoms in total. The highest BCUT2D eigenvalue weighted by Gasteiger charge is 2.35. The minimum atomic E-state index is -1.03. The number of anilines is 1. The molecule has 1 aliphatic heterocycles. The van der Waals surface area contributed by atoms with Gasteiger partial charge in [-0.1, -0.05) is 32.3 Å². The predicted molar refractivity (Wildman–Crippen MR) is 84.3 cm³/mol. The number of carbonyl (C=O) groups excluding carboxylic acids is 1. The number of nitrogens with zero attached hydrogens (tertiary/aromatic N) is 1. The molecule has 2 rings (SSSR count). The number of rotatable bonds is 7. The Morgan fingerprint density at radius 2 is 2.09 bits per heavy atom. The van der Waals surface area contributed by atoms with Crippen LogP contribution in [0.1, 0.15) is 44.6 Å². The Morgan fingerprint density at radius 3 is 2.77 bits per heavy atom. The Morgan fingerprint density at radius 1 is 1.32 bits per heavy atom. The van der Waals surface area contributed by atoms with E-state index < -0.39 is 12.1 Å². The second-order valence-corrected chi connectivity index (χ2v) is 5.73. The van der Waals surface area contributed by atoms with E-state index in [1.165, 1.54) is 0 Å². The summed E-state index contributed by atoms with van der Waals surface area (Å²) in [6.45, 7) is 4.71. The number of hydrogen-bond acceptors (Lipinski definition) is 3. The summed E-state index contributed by atoms with van der Waals surface area (Å²) >= 11 is 0. The number of benzene rings is 1. The van der Waals surface area contributed by atoms with Crippen molar-refractivity contribution in [2.24, 2.45) is 0 Å². The second-order valence-electron chi connectivity index (χ2n) is 5.73. The Kier molecular flexibility index (Phi) is 5.41.